The van der Waals surface area contributed by atoms with Crippen molar-refractivity contribution < 1.29 is 14.9 Å². The molecular weight excluding hydrogens is 278 g/mol. The van der Waals surface area contributed by atoms with E-state index < -0.39 is 17.2 Å². The maximum absolute atomic E-state index is 10.0. The lowest BCUT2D eigenvalue weighted by molar-refractivity contribution is -0.0120. The van der Waals surface area contributed by atoms with Gasteiger partial charge in [0, 0.05) is 17.1 Å². The Morgan fingerprint density at radius 1 is 1.20 bits per heavy atom. The van der Waals surface area contributed by atoms with Gasteiger partial charge in [0.15, 0.2) is 0 Å². The van der Waals surface area contributed by atoms with Crippen molar-refractivity contribution in [3.63, 3.8) is 0 Å². The highest BCUT2D eigenvalue weighted by Crippen LogP contribution is 2.20. The van der Waals surface area contributed by atoms with Gasteiger partial charge < -0.3 is 20.3 Å². The van der Waals surface area contributed by atoms with Crippen LogP contribution in [0.25, 0.3) is 0 Å². The highest BCUT2D eigenvalue weighted by molar-refractivity contribution is 6.30. The zero-order valence-corrected chi connectivity index (χ0v) is 13.2. The summed E-state index contributed by atoms with van der Waals surface area (Å²) >= 11 is 5.78. The lowest BCUT2D eigenvalue weighted by Gasteiger charge is -2.38. The number of halogens is 1. The third-order valence-electron chi connectivity index (χ3n) is 3.57. The van der Waals surface area contributed by atoms with Crippen molar-refractivity contribution in [3.05, 3.63) is 29.3 Å². The normalized spacial score (nSPS) is 14.2. The van der Waals surface area contributed by atoms with Gasteiger partial charge in [-0.2, -0.15) is 0 Å². The van der Waals surface area contributed by atoms with Crippen LogP contribution < -0.4 is 10.1 Å². The summed E-state index contributed by atoms with van der Waals surface area (Å²) in [4.78, 5) is 0. The summed E-state index contributed by atoms with van der Waals surface area (Å²) in [6, 6.07) is 6.98. The van der Waals surface area contributed by atoms with Crippen LogP contribution in [0.5, 0.6) is 5.75 Å². The average molecular weight is 302 g/mol. The van der Waals surface area contributed by atoms with Crippen molar-refractivity contribution in [2.45, 2.75) is 44.9 Å². The van der Waals surface area contributed by atoms with Crippen LogP contribution in [0, 0.1) is 0 Å². The fourth-order valence-electron chi connectivity index (χ4n) is 1.37. The molecule has 0 radical (unpaired) electrons. The van der Waals surface area contributed by atoms with Gasteiger partial charge in [-0.1, -0.05) is 11.6 Å². The quantitative estimate of drug-likeness (QED) is 0.723. The first-order valence-corrected chi connectivity index (χ1v) is 7.03. The number of ether oxygens (including phenoxy) is 1. The van der Waals surface area contributed by atoms with E-state index in [0.717, 1.165) is 0 Å². The minimum absolute atomic E-state index is 0.177. The van der Waals surface area contributed by atoms with Crippen LogP contribution in [0.3, 0.4) is 0 Å². The Morgan fingerprint density at radius 2 is 1.75 bits per heavy atom. The summed E-state index contributed by atoms with van der Waals surface area (Å²) in [5.74, 6) is 0.662. The fourth-order valence-corrected chi connectivity index (χ4v) is 1.50. The number of hydrogen-bond donors (Lipinski definition) is 3. The minimum Gasteiger partial charge on any atom is -0.491 e. The van der Waals surface area contributed by atoms with Crippen LogP contribution in [0.4, 0.5) is 0 Å². The lowest BCUT2D eigenvalue weighted by Crippen LogP contribution is -2.57. The first-order chi connectivity index (χ1) is 9.12. The van der Waals surface area contributed by atoms with E-state index in [4.69, 9.17) is 16.3 Å². The van der Waals surface area contributed by atoms with Crippen LogP contribution in [0.2, 0.25) is 5.02 Å². The number of benzene rings is 1. The van der Waals surface area contributed by atoms with E-state index in [9.17, 15) is 10.2 Å². The second kappa shape index (κ2) is 6.76. The number of β-amino-alcohol motifs (C(OH)–C–C–N with tert-alkyl or cyclic N) is 1. The van der Waals surface area contributed by atoms with Crippen LogP contribution in [-0.2, 0) is 0 Å². The van der Waals surface area contributed by atoms with E-state index >= 15 is 0 Å². The van der Waals surface area contributed by atoms with Crippen molar-refractivity contribution in [1.29, 1.82) is 0 Å². The molecule has 0 saturated carbocycles. The molecule has 3 N–H and O–H groups in total. The van der Waals surface area contributed by atoms with Gasteiger partial charge in [-0.15, -0.1) is 0 Å². The average Bonchev–Trinajstić information content (AvgIpc) is 2.34. The highest BCUT2D eigenvalue weighted by atomic mass is 35.5. The highest BCUT2D eigenvalue weighted by Gasteiger charge is 2.34. The molecule has 0 amide bonds. The van der Waals surface area contributed by atoms with Gasteiger partial charge >= 0.3 is 0 Å². The zero-order chi connectivity index (χ0) is 15.4. The summed E-state index contributed by atoms with van der Waals surface area (Å²) in [7, 11) is 0. The molecule has 0 fully saturated rings. The monoisotopic (exact) mass is 301 g/mol. The zero-order valence-electron chi connectivity index (χ0n) is 12.5. The van der Waals surface area contributed by atoms with Crippen LogP contribution in [0.1, 0.15) is 27.7 Å². The molecule has 4 nitrogen and oxygen atoms in total. The number of nitrogens with one attached hydrogen (secondary N) is 1. The van der Waals surface area contributed by atoms with E-state index in [1.54, 1.807) is 38.1 Å². The molecule has 0 aliphatic heterocycles. The topological polar surface area (TPSA) is 61.7 Å². The standard InChI is InChI=1S/C15H24ClNO3/c1-14(2,15(3,4)19)17-9-12(18)10-20-13-7-5-11(16)6-8-13/h5-8,12,17-19H,9-10H2,1-4H3. The Bertz CT molecular complexity index is 412. The molecule has 1 unspecified atom stereocenters. The maximum Gasteiger partial charge on any atom is 0.119 e. The summed E-state index contributed by atoms with van der Waals surface area (Å²) < 4.78 is 5.46. The number of hydrogen-bond acceptors (Lipinski definition) is 4. The van der Waals surface area contributed by atoms with E-state index in [2.05, 4.69) is 5.32 Å². The van der Waals surface area contributed by atoms with Crippen molar-refractivity contribution in [2.24, 2.45) is 0 Å². The third kappa shape index (κ3) is 5.29. The summed E-state index contributed by atoms with van der Waals surface area (Å²) in [6.45, 7) is 7.76. The van der Waals surface area contributed by atoms with Gasteiger partial charge in [0.05, 0.1) is 5.60 Å². The lowest BCUT2D eigenvalue weighted by atomic mass is 9.86. The van der Waals surface area contributed by atoms with Gasteiger partial charge in [0.2, 0.25) is 0 Å². The molecule has 1 aromatic rings. The molecule has 1 atom stereocenters. The molecule has 0 spiro atoms. The largest absolute Gasteiger partial charge is 0.491 e. The minimum atomic E-state index is -0.885. The van der Waals surface area contributed by atoms with Gasteiger partial charge in [0.1, 0.15) is 18.5 Å². The molecule has 0 aliphatic carbocycles. The smallest absolute Gasteiger partial charge is 0.119 e. The van der Waals surface area contributed by atoms with E-state index in [1.165, 1.54) is 0 Å². The molecule has 0 bridgehead atoms. The van der Waals surface area contributed by atoms with Gasteiger partial charge in [-0.3, -0.25) is 0 Å². The molecule has 5 heteroatoms. The van der Waals surface area contributed by atoms with Crippen molar-refractivity contribution in [3.8, 4) is 5.75 Å². The summed E-state index contributed by atoms with van der Waals surface area (Å²) in [6.07, 6.45) is -0.660. The Balaban J connectivity index is 2.37. The van der Waals surface area contributed by atoms with Crippen molar-refractivity contribution in [1.82, 2.24) is 5.32 Å². The van der Waals surface area contributed by atoms with Gasteiger partial charge in [0.25, 0.3) is 0 Å². The van der Waals surface area contributed by atoms with Gasteiger partial charge in [-0.25, -0.2) is 0 Å². The van der Waals surface area contributed by atoms with Crippen LogP contribution in [-0.4, -0.2) is 40.6 Å². The molecule has 1 aromatic carbocycles. The Morgan fingerprint density at radius 3 is 2.25 bits per heavy atom. The Labute approximate surface area is 125 Å². The summed E-state index contributed by atoms with van der Waals surface area (Å²) in [5, 5.41) is 23.7. The van der Waals surface area contributed by atoms with E-state index in [0.29, 0.717) is 17.3 Å². The molecule has 20 heavy (non-hydrogen) atoms. The number of aliphatic hydroxyl groups excluding tert-OH is 1. The SMILES string of the molecule is CC(C)(O)C(C)(C)NCC(O)COc1ccc(Cl)cc1. The molecule has 1 rings (SSSR count). The molecule has 0 saturated heterocycles. The Hall–Kier alpha value is -0.810. The van der Waals surface area contributed by atoms with Crippen LogP contribution in [0.15, 0.2) is 24.3 Å². The molecule has 0 aliphatic rings. The Kier molecular flexibility index (Phi) is 5.83. The predicted octanol–water partition coefficient (Wildman–Crippen LogP) is 2.22. The molecule has 114 valence electrons. The fraction of sp³-hybridized carbons (Fsp3) is 0.600. The molecular formula is C15H24ClNO3. The van der Waals surface area contributed by atoms with E-state index in [-0.39, 0.29) is 6.61 Å². The van der Waals surface area contributed by atoms with E-state index in [1.807, 2.05) is 13.8 Å². The second-order valence-corrected chi connectivity index (χ2v) is 6.42. The summed E-state index contributed by atoms with van der Waals surface area (Å²) in [5.41, 5.74) is -1.39. The molecule has 0 aromatic heterocycles. The second-order valence-electron chi connectivity index (χ2n) is 5.98. The van der Waals surface area contributed by atoms with Crippen molar-refractivity contribution >= 4 is 11.6 Å². The predicted molar refractivity (Wildman–Crippen MR) is 81.3 cm³/mol. The van der Waals surface area contributed by atoms with Crippen molar-refractivity contribution in [2.75, 3.05) is 13.2 Å². The first kappa shape index (κ1) is 17.2. The van der Waals surface area contributed by atoms with Gasteiger partial charge in [-0.05, 0) is 52.0 Å². The number of aliphatic hydroxyl groups is 2. The number of rotatable bonds is 7. The molecule has 0 heterocycles. The first-order valence-electron chi connectivity index (χ1n) is 6.66. The van der Waals surface area contributed by atoms with Crippen LogP contribution >= 0.6 is 11.6 Å². The third-order valence-corrected chi connectivity index (χ3v) is 3.82. The maximum atomic E-state index is 10.0.